The average molecular weight is 320 g/mol. The Hall–Kier alpha value is -1.52. The fourth-order valence-electron chi connectivity index (χ4n) is 3.40. The number of likely N-dealkylation sites (tertiary alicyclic amines) is 1. The summed E-state index contributed by atoms with van der Waals surface area (Å²) in [6.45, 7) is 3.88. The van der Waals surface area contributed by atoms with Crippen LogP contribution in [-0.2, 0) is 11.2 Å². The highest BCUT2D eigenvalue weighted by atomic mass is 35.5. The number of nitrogens with one attached hydrogen (secondary N) is 1. The lowest BCUT2D eigenvalue weighted by Crippen LogP contribution is -2.36. The Morgan fingerprint density at radius 2 is 2.18 bits per heavy atom. The molecular weight excluding hydrogens is 298 g/mol. The zero-order valence-electron chi connectivity index (χ0n) is 13.3. The zero-order valence-corrected chi connectivity index (χ0v) is 14.0. The Morgan fingerprint density at radius 3 is 2.86 bits per heavy atom. The summed E-state index contributed by atoms with van der Waals surface area (Å²) in [4.78, 5) is 20.0. The third-order valence-corrected chi connectivity index (χ3v) is 4.89. The number of hydrogen-bond acceptors (Lipinski definition) is 2. The van der Waals surface area contributed by atoms with Crippen molar-refractivity contribution in [2.75, 3.05) is 27.2 Å². The quantitative estimate of drug-likeness (QED) is 0.945. The van der Waals surface area contributed by atoms with E-state index in [1.165, 1.54) is 0 Å². The fraction of sp³-hybridized carbons (Fsp3) is 0.471. The molecule has 1 fully saturated rings. The first kappa shape index (κ1) is 15.4. The molecular formula is C17H22ClN3O. The van der Waals surface area contributed by atoms with Gasteiger partial charge in [0.25, 0.3) is 0 Å². The van der Waals surface area contributed by atoms with Crippen molar-refractivity contribution in [2.24, 2.45) is 5.92 Å². The summed E-state index contributed by atoms with van der Waals surface area (Å²) in [5, 5.41) is 1.78. The number of H-pyrrole nitrogens is 1. The molecule has 1 aromatic carbocycles. The Balaban J connectivity index is 1.74. The molecule has 1 aliphatic heterocycles. The molecule has 2 unspecified atom stereocenters. The summed E-state index contributed by atoms with van der Waals surface area (Å²) in [5.41, 5.74) is 2.02. The molecule has 0 saturated carbocycles. The van der Waals surface area contributed by atoms with Crippen molar-refractivity contribution in [1.29, 1.82) is 0 Å². The van der Waals surface area contributed by atoms with Gasteiger partial charge in [0.2, 0.25) is 5.91 Å². The molecule has 1 amide bonds. The Labute approximate surface area is 136 Å². The number of benzene rings is 1. The molecule has 1 aliphatic rings. The van der Waals surface area contributed by atoms with Crippen LogP contribution in [0.25, 0.3) is 10.9 Å². The van der Waals surface area contributed by atoms with E-state index in [9.17, 15) is 4.79 Å². The van der Waals surface area contributed by atoms with Crippen molar-refractivity contribution in [2.45, 2.75) is 19.4 Å². The standard InChI is InChI=1S/C17H22ClN3O/c1-11-9-21(10-16(11)20(2)3)17(22)6-12-8-19-15-7-13(18)4-5-14(12)15/h4-5,7-8,11,16,19H,6,9-10H2,1-3H3. The maximum atomic E-state index is 12.6. The number of halogens is 1. The smallest absolute Gasteiger partial charge is 0.227 e. The molecule has 5 heteroatoms. The van der Waals surface area contributed by atoms with Gasteiger partial charge in [0.1, 0.15) is 0 Å². The van der Waals surface area contributed by atoms with Crippen molar-refractivity contribution in [3.05, 3.63) is 35.0 Å². The molecule has 4 nitrogen and oxygen atoms in total. The van der Waals surface area contributed by atoms with Gasteiger partial charge in [-0.2, -0.15) is 0 Å². The molecule has 118 valence electrons. The van der Waals surface area contributed by atoms with Gasteiger partial charge < -0.3 is 14.8 Å². The van der Waals surface area contributed by atoms with E-state index < -0.39 is 0 Å². The van der Waals surface area contributed by atoms with E-state index in [1.807, 2.05) is 29.3 Å². The van der Waals surface area contributed by atoms with Gasteiger partial charge in [0, 0.05) is 41.3 Å². The Bertz CT molecular complexity index is 694. The highest BCUT2D eigenvalue weighted by Gasteiger charge is 2.33. The van der Waals surface area contributed by atoms with Crippen molar-refractivity contribution < 1.29 is 4.79 Å². The highest BCUT2D eigenvalue weighted by molar-refractivity contribution is 6.31. The molecule has 1 N–H and O–H groups in total. The minimum atomic E-state index is 0.201. The zero-order chi connectivity index (χ0) is 15.9. The van der Waals surface area contributed by atoms with Crippen molar-refractivity contribution in [1.82, 2.24) is 14.8 Å². The summed E-state index contributed by atoms with van der Waals surface area (Å²) in [7, 11) is 4.16. The molecule has 2 aromatic rings. The van der Waals surface area contributed by atoms with E-state index in [0.29, 0.717) is 23.4 Å². The van der Waals surface area contributed by atoms with Crippen LogP contribution in [0.15, 0.2) is 24.4 Å². The van der Waals surface area contributed by atoms with Crippen molar-refractivity contribution in [3.63, 3.8) is 0 Å². The first-order valence-electron chi connectivity index (χ1n) is 7.65. The molecule has 0 bridgehead atoms. The van der Waals surface area contributed by atoms with Crippen LogP contribution in [0.2, 0.25) is 5.02 Å². The minimum absolute atomic E-state index is 0.201. The van der Waals surface area contributed by atoms with Crippen LogP contribution in [0.5, 0.6) is 0 Å². The Kier molecular flexibility index (Phi) is 4.15. The SMILES string of the molecule is CC1CN(C(=O)Cc2c[nH]c3cc(Cl)ccc23)CC1N(C)C. The minimum Gasteiger partial charge on any atom is -0.361 e. The number of fused-ring (bicyclic) bond motifs is 1. The largest absolute Gasteiger partial charge is 0.361 e. The number of aromatic amines is 1. The third-order valence-electron chi connectivity index (χ3n) is 4.66. The first-order valence-corrected chi connectivity index (χ1v) is 8.03. The summed E-state index contributed by atoms with van der Waals surface area (Å²) in [6, 6.07) is 6.19. The van der Waals surface area contributed by atoms with Crippen LogP contribution in [0.1, 0.15) is 12.5 Å². The van der Waals surface area contributed by atoms with Crippen LogP contribution in [-0.4, -0.2) is 53.9 Å². The lowest BCUT2D eigenvalue weighted by molar-refractivity contribution is -0.129. The highest BCUT2D eigenvalue weighted by Crippen LogP contribution is 2.25. The number of rotatable bonds is 3. The van der Waals surface area contributed by atoms with E-state index in [2.05, 4.69) is 30.9 Å². The molecule has 2 atom stereocenters. The lowest BCUT2D eigenvalue weighted by Gasteiger charge is -2.22. The first-order chi connectivity index (χ1) is 10.5. The summed E-state index contributed by atoms with van der Waals surface area (Å²) in [6.07, 6.45) is 2.36. The van der Waals surface area contributed by atoms with Gasteiger partial charge in [0.05, 0.1) is 6.42 Å². The predicted molar refractivity (Wildman–Crippen MR) is 90.2 cm³/mol. The van der Waals surface area contributed by atoms with E-state index in [1.54, 1.807) is 0 Å². The number of carbonyl (C=O) groups excluding carboxylic acids is 1. The maximum absolute atomic E-state index is 12.6. The number of hydrogen-bond donors (Lipinski definition) is 1. The van der Waals surface area contributed by atoms with Gasteiger partial charge in [-0.05, 0) is 37.7 Å². The Morgan fingerprint density at radius 1 is 1.41 bits per heavy atom. The van der Waals surface area contributed by atoms with Crippen LogP contribution in [0, 0.1) is 5.92 Å². The van der Waals surface area contributed by atoms with Crippen LogP contribution in [0.4, 0.5) is 0 Å². The van der Waals surface area contributed by atoms with E-state index >= 15 is 0 Å². The molecule has 1 saturated heterocycles. The summed E-state index contributed by atoms with van der Waals surface area (Å²) in [5.74, 6) is 0.716. The van der Waals surface area contributed by atoms with E-state index in [-0.39, 0.29) is 5.91 Å². The van der Waals surface area contributed by atoms with Crippen molar-refractivity contribution in [3.8, 4) is 0 Å². The van der Waals surface area contributed by atoms with Gasteiger partial charge in [-0.25, -0.2) is 0 Å². The number of likely N-dealkylation sites (N-methyl/N-ethyl adjacent to an activating group) is 1. The van der Waals surface area contributed by atoms with Gasteiger partial charge in [0.15, 0.2) is 0 Å². The molecule has 0 aliphatic carbocycles. The lowest BCUT2D eigenvalue weighted by atomic mass is 10.1. The molecule has 2 heterocycles. The average Bonchev–Trinajstić information content (AvgIpc) is 3.02. The van der Waals surface area contributed by atoms with Gasteiger partial charge in [-0.1, -0.05) is 24.6 Å². The molecule has 0 radical (unpaired) electrons. The number of amides is 1. The maximum Gasteiger partial charge on any atom is 0.227 e. The monoisotopic (exact) mass is 319 g/mol. The second kappa shape index (κ2) is 5.94. The number of nitrogens with zero attached hydrogens (tertiary/aromatic N) is 2. The van der Waals surface area contributed by atoms with Crippen molar-refractivity contribution >= 4 is 28.4 Å². The van der Waals surface area contributed by atoms with Gasteiger partial charge in [-0.15, -0.1) is 0 Å². The van der Waals surface area contributed by atoms with Gasteiger partial charge in [-0.3, -0.25) is 4.79 Å². The summed E-state index contributed by atoms with van der Waals surface area (Å²) < 4.78 is 0. The fourth-order valence-corrected chi connectivity index (χ4v) is 3.58. The summed E-state index contributed by atoms with van der Waals surface area (Å²) >= 11 is 6.00. The molecule has 1 aromatic heterocycles. The second-order valence-corrected chi connectivity index (χ2v) is 6.92. The number of carbonyl (C=O) groups is 1. The molecule has 0 spiro atoms. The van der Waals surface area contributed by atoms with Crippen LogP contribution >= 0.6 is 11.6 Å². The van der Waals surface area contributed by atoms with Crippen LogP contribution < -0.4 is 0 Å². The second-order valence-electron chi connectivity index (χ2n) is 6.49. The topological polar surface area (TPSA) is 39.3 Å². The molecule has 22 heavy (non-hydrogen) atoms. The van der Waals surface area contributed by atoms with E-state index in [4.69, 9.17) is 11.6 Å². The predicted octanol–water partition coefficient (Wildman–Crippen LogP) is 2.77. The number of aromatic nitrogens is 1. The van der Waals surface area contributed by atoms with E-state index in [0.717, 1.165) is 29.6 Å². The third kappa shape index (κ3) is 2.85. The normalized spacial score (nSPS) is 22.0. The molecule has 3 rings (SSSR count). The van der Waals surface area contributed by atoms with Gasteiger partial charge >= 0.3 is 0 Å². The van der Waals surface area contributed by atoms with Crippen LogP contribution in [0.3, 0.4) is 0 Å².